The summed E-state index contributed by atoms with van der Waals surface area (Å²) in [6.07, 6.45) is 1.91. The summed E-state index contributed by atoms with van der Waals surface area (Å²) in [5.41, 5.74) is 0.877. The van der Waals surface area contributed by atoms with E-state index in [-0.39, 0.29) is 6.61 Å². The Morgan fingerprint density at radius 3 is 3.06 bits per heavy atom. The van der Waals surface area contributed by atoms with Gasteiger partial charge in [0.15, 0.2) is 5.82 Å². The number of rotatable bonds is 6. The van der Waals surface area contributed by atoms with Crippen LogP contribution in [-0.2, 0) is 17.6 Å². The van der Waals surface area contributed by atoms with Gasteiger partial charge in [0.05, 0.1) is 25.6 Å². The Balaban J connectivity index is 1.94. The largest absolute Gasteiger partial charge is 0.390 e. The molecule has 0 aromatic carbocycles. The third-order valence-electron chi connectivity index (χ3n) is 2.34. The van der Waals surface area contributed by atoms with Gasteiger partial charge in [-0.3, -0.25) is 4.98 Å². The molecule has 1 N–H and O–H groups in total. The quantitative estimate of drug-likeness (QED) is 0.807. The first kappa shape index (κ1) is 12.7. The lowest BCUT2D eigenvalue weighted by Crippen LogP contribution is -2.17. The molecule has 1 unspecified atom stereocenters. The smallest absolute Gasteiger partial charge is 0.229 e. The van der Waals surface area contributed by atoms with Gasteiger partial charge >= 0.3 is 0 Å². The summed E-state index contributed by atoms with van der Waals surface area (Å²) >= 11 is 0. The summed E-state index contributed by atoms with van der Waals surface area (Å²) < 4.78 is 9.88. The van der Waals surface area contributed by atoms with E-state index in [9.17, 15) is 5.11 Å². The van der Waals surface area contributed by atoms with Crippen LogP contribution in [0.1, 0.15) is 17.4 Å². The molecular weight excluding hydrogens is 234 g/mol. The minimum absolute atomic E-state index is 0.248. The molecule has 0 aliphatic rings. The summed E-state index contributed by atoms with van der Waals surface area (Å²) in [6.45, 7) is 0.248. The number of aliphatic hydroxyl groups excluding tert-OH is 1. The van der Waals surface area contributed by atoms with Gasteiger partial charge in [-0.15, -0.1) is 0 Å². The summed E-state index contributed by atoms with van der Waals surface area (Å²) in [7, 11) is 1.53. The minimum atomic E-state index is -0.627. The Labute approximate surface area is 105 Å². The summed E-state index contributed by atoms with van der Waals surface area (Å²) in [5.74, 6) is 0.971. The van der Waals surface area contributed by atoms with Crippen molar-refractivity contribution in [1.82, 2.24) is 15.1 Å². The number of aliphatic hydroxyl groups is 1. The molecule has 2 heterocycles. The Morgan fingerprint density at radius 2 is 2.33 bits per heavy atom. The van der Waals surface area contributed by atoms with E-state index in [4.69, 9.17) is 9.26 Å². The summed E-state index contributed by atoms with van der Waals surface area (Å²) in [4.78, 5) is 8.38. The zero-order chi connectivity index (χ0) is 12.8. The molecule has 1 atom stereocenters. The zero-order valence-electron chi connectivity index (χ0n) is 10.1. The molecule has 0 bridgehead atoms. The van der Waals surface area contributed by atoms with Gasteiger partial charge in [-0.25, -0.2) is 0 Å². The Morgan fingerprint density at radius 1 is 1.44 bits per heavy atom. The van der Waals surface area contributed by atoms with Crippen LogP contribution in [0.3, 0.4) is 0 Å². The van der Waals surface area contributed by atoms with Crippen LogP contribution in [0.15, 0.2) is 28.9 Å². The topological polar surface area (TPSA) is 81.3 Å². The third-order valence-corrected chi connectivity index (χ3v) is 2.34. The van der Waals surface area contributed by atoms with E-state index in [1.165, 1.54) is 7.11 Å². The molecule has 0 radical (unpaired) electrons. The molecule has 0 amide bonds. The van der Waals surface area contributed by atoms with Crippen LogP contribution in [-0.4, -0.2) is 40.1 Å². The zero-order valence-corrected chi connectivity index (χ0v) is 10.1. The van der Waals surface area contributed by atoms with Gasteiger partial charge in [0.1, 0.15) is 0 Å². The van der Waals surface area contributed by atoms with Crippen molar-refractivity contribution in [3.8, 4) is 0 Å². The molecule has 0 aliphatic heterocycles. The van der Waals surface area contributed by atoms with Crippen molar-refractivity contribution in [1.29, 1.82) is 0 Å². The predicted octanol–water partition coefficient (Wildman–Crippen LogP) is 0.605. The van der Waals surface area contributed by atoms with Crippen molar-refractivity contribution in [3.05, 3.63) is 41.8 Å². The van der Waals surface area contributed by atoms with Gasteiger partial charge in [0.25, 0.3) is 0 Å². The average molecular weight is 249 g/mol. The molecule has 0 saturated carbocycles. The number of pyridine rings is 1. The molecule has 6 heteroatoms. The first-order valence-electron chi connectivity index (χ1n) is 5.66. The van der Waals surface area contributed by atoms with Crippen LogP contribution in [0.25, 0.3) is 0 Å². The van der Waals surface area contributed by atoms with Crippen molar-refractivity contribution >= 4 is 0 Å². The van der Waals surface area contributed by atoms with Crippen molar-refractivity contribution in [2.24, 2.45) is 0 Å². The lowest BCUT2D eigenvalue weighted by Gasteiger charge is -2.04. The fourth-order valence-electron chi connectivity index (χ4n) is 1.56. The highest BCUT2D eigenvalue weighted by Crippen LogP contribution is 2.06. The number of hydrogen-bond donors (Lipinski definition) is 1. The van der Waals surface area contributed by atoms with Gasteiger partial charge in [0.2, 0.25) is 5.89 Å². The molecule has 0 saturated heterocycles. The molecule has 18 heavy (non-hydrogen) atoms. The molecule has 0 spiro atoms. The number of nitrogens with zero attached hydrogens (tertiary/aromatic N) is 3. The van der Waals surface area contributed by atoms with E-state index in [0.717, 1.165) is 5.69 Å². The highest BCUT2D eigenvalue weighted by Gasteiger charge is 2.12. The lowest BCUT2D eigenvalue weighted by atomic mass is 10.2. The molecule has 0 aliphatic carbocycles. The molecule has 96 valence electrons. The van der Waals surface area contributed by atoms with Gasteiger partial charge in [-0.1, -0.05) is 11.2 Å². The van der Waals surface area contributed by atoms with Gasteiger partial charge < -0.3 is 14.4 Å². The standard InChI is InChI=1S/C12H15N3O3/c1-17-8-10(16)7-12-14-11(15-18-12)6-9-4-2-3-5-13-9/h2-5,10,16H,6-8H2,1H3. The van der Waals surface area contributed by atoms with Crippen LogP contribution in [0.5, 0.6) is 0 Å². The van der Waals surface area contributed by atoms with E-state index < -0.39 is 6.10 Å². The second-order valence-corrected chi connectivity index (χ2v) is 3.92. The number of methoxy groups -OCH3 is 1. The molecule has 2 rings (SSSR count). The summed E-state index contributed by atoms with van der Waals surface area (Å²) in [6, 6.07) is 5.66. The second-order valence-electron chi connectivity index (χ2n) is 3.92. The van der Waals surface area contributed by atoms with Crippen molar-refractivity contribution in [3.63, 3.8) is 0 Å². The Kier molecular flexibility index (Phi) is 4.38. The monoisotopic (exact) mass is 249 g/mol. The maximum Gasteiger partial charge on any atom is 0.229 e. The fourth-order valence-corrected chi connectivity index (χ4v) is 1.56. The number of aromatic nitrogens is 3. The first-order chi connectivity index (χ1) is 8.78. The number of ether oxygens (including phenoxy) is 1. The van der Waals surface area contributed by atoms with Crippen LogP contribution >= 0.6 is 0 Å². The van der Waals surface area contributed by atoms with Gasteiger partial charge in [-0.2, -0.15) is 4.98 Å². The van der Waals surface area contributed by atoms with E-state index in [1.807, 2.05) is 18.2 Å². The second kappa shape index (κ2) is 6.23. The molecule has 2 aromatic heterocycles. The third kappa shape index (κ3) is 3.61. The maximum absolute atomic E-state index is 9.54. The highest BCUT2D eigenvalue weighted by atomic mass is 16.5. The van der Waals surface area contributed by atoms with Gasteiger partial charge in [0, 0.05) is 19.0 Å². The average Bonchev–Trinajstić information content (AvgIpc) is 2.78. The SMILES string of the molecule is COCC(O)Cc1nc(Cc2ccccn2)no1. The Bertz CT molecular complexity index is 472. The van der Waals surface area contributed by atoms with E-state index in [0.29, 0.717) is 24.6 Å². The highest BCUT2D eigenvalue weighted by molar-refractivity contribution is 5.09. The minimum Gasteiger partial charge on any atom is -0.390 e. The van der Waals surface area contributed by atoms with Crippen LogP contribution in [0, 0.1) is 0 Å². The van der Waals surface area contributed by atoms with E-state index in [2.05, 4.69) is 15.1 Å². The van der Waals surface area contributed by atoms with Crippen molar-refractivity contribution in [2.75, 3.05) is 13.7 Å². The maximum atomic E-state index is 9.54. The summed E-state index contributed by atoms with van der Waals surface area (Å²) in [5, 5.41) is 13.4. The first-order valence-corrected chi connectivity index (χ1v) is 5.66. The van der Waals surface area contributed by atoms with E-state index in [1.54, 1.807) is 6.20 Å². The Hall–Kier alpha value is -1.79. The predicted molar refractivity (Wildman–Crippen MR) is 62.9 cm³/mol. The molecule has 2 aromatic rings. The van der Waals surface area contributed by atoms with Crippen LogP contribution in [0.2, 0.25) is 0 Å². The number of hydrogen-bond acceptors (Lipinski definition) is 6. The fraction of sp³-hybridized carbons (Fsp3) is 0.417. The molecule has 0 fully saturated rings. The van der Waals surface area contributed by atoms with Crippen LogP contribution in [0.4, 0.5) is 0 Å². The van der Waals surface area contributed by atoms with Gasteiger partial charge in [-0.05, 0) is 12.1 Å². The van der Waals surface area contributed by atoms with E-state index >= 15 is 0 Å². The lowest BCUT2D eigenvalue weighted by molar-refractivity contribution is 0.0599. The van der Waals surface area contributed by atoms with Crippen molar-refractivity contribution in [2.45, 2.75) is 18.9 Å². The normalized spacial score (nSPS) is 12.6. The molecular formula is C12H15N3O3. The van der Waals surface area contributed by atoms with Crippen LogP contribution < -0.4 is 0 Å². The van der Waals surface area contributed by atoms with Crippen molar-refractivity contribution < 1.29 is 14.4 Å². The molecule has 6 nitrogen and oxygen atoms in total.